The number of ether oxygens (including phenoxy) is 1. The lowest BCUT2D eigenvalue weighted by molar-refractivity contribution is -0.126. The topological polar surface area (TPSA) is 64.1 Å². The van der Waals surface area contributed by atoms with Gasteiger partial charge in [0.2, 0.25) is 0 Å². The van der Waals surface area contributed by atoms with Gasteiger partial charge in [-0.3, -0.25) is 9.78 Å². The summed E-state index contributed by atoms with van der Waals surface area (Å²) >= 11 is 5.66. The molecular weight excluding hydrogens is 230 g/mol. The Morgan fingerprint density at radius 2 is 2.44 bits per heavy atom. The molecule has 1 aliphatic heterocycles. The molecule has 0 saturated carbocycles. The molecule has 2 heterocycles. The first kappa shape index (κ1) is 11.3. The summed E-state index contributed by atoms with van der Waals surface area (Å²) in [5.74, 6) is 0.383. The van der Waals surface area contributed by atoms with Crippen molar-refractivity contribution in [3.63, 3.8) is 0 Å². The van der Waals surface area contributed by atoms with Crippen LogP contribution in [0.5, 0.6) is 0 Å². The highest BCUT2D eigenvalue weighted by atomic mass is 35.5. The minimum absolute atomic E-state index is 0.193. The number of nitrogens with one attached hydrogen (secondary N) is 1. The Kier molecular flexibility index (Phi) is 3.36. The molecule has 1 aromatic heterocycles. The van der Waals surface area contributed by atoms with Crippen LogP contribution in [0.2, 0.25) is 5.15 Å². The van der Waals surface area contributed by atoms with Crippen molar-refractivity contribution in [1.82, 2.24) is 9.97 Å². The number of halogens is 1. The second-order valence-corrected chi connectivity index (χ2v) is 4.16. The van der Waals surface area contributed by atoms with E-state index in [-0.39, 0.29) is 17.0 Å². The predicted molar refractivity (Wildman–Crippen MR) is 59.2 cm³/mol. The van der Waals surface area contributed by atoms with E-state index in [4.69, 9.17) is 16.3 Å². The van der Waals surface area contributed by atoms with Crippen LogP contribution in [0.15, 0.2) is 12.4 Å². The molecule has 1 aromatic rings. The molecule has 1 N–H and O–H groups in total. The van der Waals surface area contributed by atoms with Crippen LogP contribution >= 0.6 is 11.6 Å². The van der Waals surface area contributed by atoms with Crippen molar-refractivity contribution >= 4 is 23.3 Å². The van der Waals surface area contributed by atoms with Gasteiger partial charge in [-0.1, -0.05) is 18.5 Å². The second kappa shape index (κ2) is 4.76. The Labute approximate surface area is 98.2 Å². The zero-order valence-electron chi connectivity index (χ0n) is 8.81. The van der Waals surface area contributed by atoms with E-state index in [9.17, 15) is 4.79 Å². The lowest BCUT2D eigenvalue weighted by atomic mass is 10.0. The monoisotopic (exact) mass is 241 g/mol. The van der Waals surface area contributed by atoms with E-state index in [2.05, 4.69) is 15.3 Å². The average molecular weight is 242 g/mol. The molecule has 16 heavy (non-hydrogen) atoms. The molecular formula is C10H12ClN3O2. The smallest absolute Gasteiger partial charge is 0.254 e. The Morgan fingerprint density at radius 3 is 3.06 bits per heavy atom. The third-order valence-corrected chi connectivity index (χ3v) is 2.68. The van der Waals surface area contributed by atoms with Crippen molar-refractivity contribution in [1.29, 1.82) is 0 Å². The van der Waals surface area contributed by atoms with Crippen LogP contribution in [0.4, 0.5) is 5.82 Å². The van der Waals surface area contributed by atoms with Gasteiger partial charge in [0.05, 0.1) is 12.4 Å². The number of carbonyl (C=O) groups excluding carboxylic acids is 1. The third-order valence-electron chi connectivity index (χ3n) is 2.50. The van der Waals surface area contributed by atoms with Gasteiger partial charge in [-0.05, 0) is 12.3 Å². The first-order valence-corrected chi connectivity index (χ1v) is 5.44. The number of hydrogen-bond acceptors (Lipinski definition) is 4. The summed E-state index contributed by atoms with van der Waals surface area (Å²) in [5.41, 5.74) is 0. The molecule has 2 unspecified atom stereocenters. The first-order valence-electron chi connectivity index (χ1n) is 5.07. The molecule has 0 bridgehead atoms. The Morgan fingerprint density at radius 1 is 1.62 bits per heavy atom. The number of aromatic nitrogens is 2. The van der Waals surface area contributed by atoms with Crippen LogP contribution in [-0.4, -0.2) is 28.6 Å². The number of anilines is 1. The van der Waals surface area contributed by atoms with E-state index in [1.54, 1.807) is 0 Å². The van der Waals surface area contributed by atoms with Crippen molar-refractivity contribution in [3.05, 3.63) is 17.5 Å². The van der Waals surface area contributed by atoms with E-state index in [0.29, 0.717) is 12.4 Å². The molecule has 1 amide bonds. The van der Waals surface area contributed by atoms with Gasteiger partial charge in [-0.15, -0.1) is 0 Å². The summed E-state index contributed by atoms with van der Waals surface area (Å²) in [6.07, 6.45) is 3.36. The van der Waals surface area contributed by atoms with Gasteiger partial charge in [0.25, 0.3) is 5.91 Å². The van der Waals surface area contributed by atoms with Crippen LogP contribution in [0.25, 0.3) is 0 Å². The number of carbonyl (C=O) groups is 1. The van der Waals surface area contributed by atoms with Gasteiger partial charge in [0.1, 0.15) is 11.3 Å². The molecule has 1 fully saturated rings. The number of rotatable bonds is 2. The average Bonchev–Trinajstić information content (AvgIpc) is 2.64. The van der Waals surface area contributed by atoms with Crippen molar-refractivity contribution in [2.24, 2.45) is 5.92 Å². The Bertz CT molecular complexity index is 399. The van der Waals surface area contributed by atoms with E-state index in [1.807, 2.05) is 6.92 Å². The van der Waals surface area contributed by atoms with E-state index in [0.717, 1.165) is 6.42 Å². The zero-order valence-corrected chi connectivity index (χ0v) is 9.57. The van der Waals surface area contributed by atoms with Crippen LogP contribution < -0.4 is 5.32 Å². The molecule has 2 atom stereocenters. The maximum atomic E-state index is 11.8. The summed E-state index contributed by atoms with van der Waals surface area (Å²) in [7, 11) is 0. The number of hydrogen-bond donors (Lipinski definition) is 1. The van der Waals surface area contributed by atoms with Gasteiger partial charge in [-0.25, -0.2) is 4.98 Å². The van der Waals surface area contributed by atoms with Gasteiger partial charge in [0.15, 0.2) is 5.82 Å². The van der Waals surface area contributed by atoms with E-state index < -0.39 is 6.10 Å². The summed E-state index contributed by atoms with van der Waals surface area (Å²) in [6.45, 7) is 2.61. The Balaban J connectivity index is 2.02. The van der Waals surface area contributed by atoms with Crippen molar-refractivity contribution in [2.75, 3.05) is 11.9 Å². The lowest BCUT2D eigenvalue weighted by Crippen LogP contribution is -2.31. The number of nitrogens with zero attached hydrogens (tertiary/aromatic N) is 2. The Hall–Kier alpha value is -1.20. The quantitative estimate of drug-likeness (QED) is 0.852. The summed E-state index contributed by atoms with van der Waals surface area (Å²) in [5, 5.41) is 2.88. The van der Waals surface area contributed by atoms with Gasteiger partial charge in [-0.2, -0.15) is 0 Å². The van der Waals surface area contributed by atoms with Crippen molar-refractivity contribution < 1.29 is 9.53 Å². The minimum atomic E-state index is -0.402. The molecule has 0 aromatic carbocycles. The highest BCUT2D eigenvalue weighted by Gasteiger charge is 2.31. The van der Waals surface area contributed by atoms with Crippen LogP contribution in [0.3, 0.4) is 0 Å². The lowest BCUT2D eigenvalue weighted by Gasteiger charge is -2.13. The highest BCUT2D eigenvalue weighted by Crippen LogP contribution is 2.21. The van der Waals surface area contributed by atoms with Crippen molar-refractivity contribution in [2.45, 2.75) is 19.4 Å². The largest absolute Gasteiger partial charge is 0.368 e. The maximum absolute atomic E-state index is 11.8. The summed E-state index contributed by atoms with van der Waals surface area (Å²) in [6, 6.07) is 0. The molecule has 5 nitrogen and oxygen atoms in total. The fourth-order valence-electron chi connectivity index (χ4n) is 1.63. The van der Waals surface area contributed by atoms with Gasteiger partial charge < -0.3 is 10.1 Å². The molecule has 0 spiro atoms. The van der Waals surface area contributed by atoms with Gasteiger partial charge >= 0.3 is 0 Å². The fourth-order valence-corrected chi connectivity index (χ4v) is 1.78. The molecule has 1 aliphatic rings. The van der Waals surface area contributed by atoms with Gasteiger partial charge in [0, 0.05) is 6.61 Å². The molecule has 6 heteroatoms. The summed E-state index contributed by atoms with van der Waals surface area (Å²) in [4.78, 5) is 19.5. The molecule has 86 valence electrons. The summed E-state index contributed by atoms with van der Waals surface area (Å²) < 4.78 is 5.34. The zero-order chi connectivity index (χ0) is 11.5. The van der Waals surface area contributed by atoms with Crippen LogP contribution in [0.1, 0.15) is 13.3 Å². The fraction of sp³-hybridized carbons (Fsp3) is 0.500. The minimum Gasteiger partial charge on any atom is -0.368 e. The van der Waals surface area contributed by atoms with E-state index in [1.165, 1.54) is 12.4 Å². The van der Waals surface area contributed by atoms with Crippen LogP contribution in [-0.2, 0) is 9.53 Å². The maximum Gasteiger partial charge on any atom is 0.254 e. The molecule has 1 saturated heterocycles. The molecule has 0 radical (unpaired) electrons. The highest BCUT2D eigenvalue weighted by molar-refractivity contribution is 6.29. The predicted octanol–water partition coefficient (Wildman–Crippen LogP) is 1.49. The van der Waals surface area contributed by atoms with E-state index >= 15 is 0 Å². The molecule has 2 rings (SSSR count). The SMILES string of the molecule is CC1CCOC1C(=O)Nc1cncc(Cl)n1. The number of amides is 1. The van der Waals surface area contributed by atoms with Crippen molar-refractivity contribution in [3.8, 4) is 0 Å². The third kappa shape index (κ3) is 2.48. The first-order chi connectivity index (χ1) is 7.66. The normalized spacial score (nSPS) is 24.4. The molecule has 0 aliphatic carbocycles. The second-order valence-electron chi connectivity index (χ2n) is 3.77. The standard InChI is InChI=1S/C10H12ClN3O2/c1-6-2-3-16-9(6)10(15)14-8-5-12-4-7(11)13-8/h4-6,9H,2-3H2,1H3,(H,13,14,15). The van der Waals surface area contributed by atoms with Crippen LogP contribution in [0, 0.1) is 5.92 Å².